The number of hydrogen-bond donors (Lipinski definition) is 2. The number of pyridine rings is 1. The van der Waals surface area contributed by atoms with Crippen molar-refractivity contribution >= 4 is 28.3 Å². The number of nitrogens with one attached hydrogen (secondary N) is 2. The normalized spacial score (nSPS) is 10.4. The zero-order valence-corrected chi connectivity index (χ0v) is 20.1. The summed E-state index contributed by atoms with van der Waals surface area (Å²) >= 11 is 0. The molecule has 0 radical (unpaired) electrons. The highest BCUT2D eigenvalue weighted by Crippen LogP contribution is 2.33. The van der Waals surface area contributed by atoms with Crippen LogP contribution in [0, 0.1) is 11.3 Å². The van der Waals surface area contributed by atoms with Crippen LogP contribution in [-0.2, 0) is 0 Å². The Labute approximate surface area is 209 Å². The van der Waals surface area contributed by atoms with Crippen LogP contribution in [0.1, 0.15) is 25.3 Å². The van der Waals surface area contributed by atoms with E-state index in [-0.39, 0.29) is 6.03 Å². The van der Waals surface area contributed by atoms with E-state index < -0.39 is 0 Å². The van der Waals surface area contributed by atoms with Gasteiger partial charge in [0.2, 0.25) is 0 Å². The lowest BCUT2D eigenvalue weighted by Gasteiger charge is -2.12. The molecular formula is C28H26N4O4. The first-order valence-corrected chi connectivity index (χ1v) is 11.5. The van der Waals surface area contributed by atoms with Crippen LogP contribution in [0.2, 0.25) is 0 Å². The van der Waals surface area contributed by atoms with Crippen molar-refractivity contribution in [1.29, 1.82) is 5.26 Å². The molecular weight excluding hydrogens is 456 g/mol. The minimum absolute atomic E-state index is 0.366. The lowest BCUT2D eigenvalue weighted by molar-refractivity contribution is 0.262. The zero-order chi connectivity index (χ0) is 25.3. The maximum atomic E-state index is 12.3. The lowest BCUT2D eigenvalue weighted by Crippen LogP contribution is -2.19. The van der Waals surface area contributed by atoms with E-state index >= 15 is 0 Å². The van der Waals surface area contributed by atoms with E-state index in [2.05, 4.69) is 28.6 Å². The highest BCUT2D eigenvalue weighted by molar-refractivity contribution is 5.99. The van der Waals surface area contributed by atoms with Crippen molar-refractivity contribution < 1.29 is 19.0 Å². The molecule has 2 amide bonds. The number of ether oxygens (including phenoxy) is 3. The predicted molar refractivity (Wildman–Crippen MR) is 139 cm³/mol. The van der Waals surface area contributed by atoms with Crippen LogP contribution in [0.5, 0.6) is 23.0 Å². The molecule has 0 atom stereocenters. The number of hydrogen-bond acceptors (Lipinski definition) is 6. The Morgan fingerprint density at radius 1 is 0.944 bits per heavy atom. The molecule has 0 aliphatic rings. The van der Waals surface area contributed by atoms with E-state index in [0.717, 1.165) is 12.8 Å². The third-order valence-electron chi connectivity index (χ3n) is 5.37. The SMILES string of the molecule is CCCCOc1cc2nccc(Oc3ccc(NC(=O)Nc4ccc(OC)cc4)cc3)c2cc1C#N. The van der Waals surface area contributed by atoms with E-state index in [9.17, 15) is 10.1 Å². The van der Waals surface area contributed by atoms with Gasteiger partial charge in [-0.1, -0.05) is 13.3 Å². The number of nitrogens with zero attached hydrogens (tertiary/aromatic N) is 2. The number of nitriles is 1. The van der Waals surface area contributed by atoms with Crippen molar-refractivity contribution in [3.63, 3.8) is 0 Å². The van der Waals surface area contributed by atoms with Crippen molar-refractivity contribution in [2.75, 3.05) is 24.4 Å². The molecule has 0 aliphatic carbocycles. The molecule has 3 aromatic carbocycles. The Morgan fingerprint density at radius 3 is 2.22 bits per heavy atom. The van der Waals surface area contributed by atoms with E-state index in [1.165, 1.54) is 0 Å². The number of carbonyl (C=O) groups is 1. The smallest absolute Gasteiger partial charge is 0.323 e. The van der Waals surface area contributed by atoms with Gasteiger partial charge in [-0.25, -0.2) is 4.79 Å². The summed E-state index contributed by atoms with van der Waals surface area (Å²) in [7, 11) is 1.59. The third kappa shape index (κ3) is 6.02. The number of unbranched alkanes of at least 4 members (excludes halogenated alkanes) is 1. The molecule has 4 rings (SSSR count). The van der Waals surface area contributed by atoms with E-state index in [1.54, 1.807) is 80.0 Å². The van der Waals surface area contributed by atoms with Crippen molar-refractivity contribution in [3.05, 3.63) is 78.5 Å². The first-order valence-electron chi connectivity index (χ1n) is 11.5. The Bertz CT molecular complexity index is 1380. The fourth-order valence-electron chi connectivity index (χ4n) is 3.47. The molecule has 0 spiro atoms. The molecule has 0 fully saturated rings. The molecule has 1 heterocycles. The molecule has 1 aromatic heterocycles. The number of urea groups is 1. The first-order chi connectivity index (χ1) is 17.6. The Morgan fingerprint density at radius 2 is 1.61 bits per heavy atom. The number of aromatic nitrogens is 1. The summed E-state index contributed by atoms with van der Waals surface area (Å²) in [6.45, 7) is 2.63. The average molecular weight is 483 g/mol. The lowest BCUT2D eigenvalue weighted by atomic mass is 10.1. The standard InChI is InChI=1S/C28H26N4O4/c1-3-4-15-35-27-17-25-24(16-19(27)18-29)26(13-14-30-25)36-23-11-7-21(8-12-23)32-28(33)31-20-5-9-22(34-2)10-6-20/h5-14,16-17H,3-4,15H2,1-2H3,(H2,31,32,33). The number of benzene rings is 3. The van der Waals surface area contributed by atoms with Gasteiger partial charge in [0.1, 0.15) is 29.1 Å². The van der Waals surface area contributed by atoms with E-state index in [4.69, 9.17) is 14.2 Å². The summed E-state index contributed by atoms with van der Waals surface area (Å²) in [5.41, 5.74) is 2.35. The van der Waals surface area contributed by atoms with Crippen LogP contribution in [0.15, 0.2) is 72.9 Å². The van der Waals surface area contributed by atoms with Gasteiger partial charge in [0.15, 0.2) is 0 Å². The topological polar surface area (TPSA) is 106 Å². The van der Waals surface area contributed by atoms with Gasteiger partial charge in [-0.05, 0) is 67.1 Å². The van der Waals surface area contributed by atoms with E-state index in [0.29, 0.717) is 57.4 Å². The van der Waals surface area contributed by atoms with Crippen LogP contribution in [0.4, 0.5) is 16.2 Å². The fraction of sp³-hybridized carbons (Fsp3) is 0.179. The number of methoxy groups -OCH3 is 1. The summed E-state index contributed by atoms with van der Waals surface area (Å²) in [5.74, 6) is 2.37. The van der Waals surface area contributed by atoms with Gasteiger partial charge < -0.3 is 24.8 Å². The summed E-state index contributed by atoms with van der Waals surface area (Å²) < 4.78 is 17.0. The van der Waals surface area contributed by atoms with Gasteiger partial charge in [-0.15, -0.1) is 0 Å². The third-order valence-corrected chi connectivity index (χ3v) is 5.37. The van der Waals surface area contributed by atoms with Gasteiger partial charge in [-0.2, -0.15) is 5.26 Å². The summed E-state index contributed by atoms with van der Waals surface area (Å²) in [6, 6.07) is 21.1. The fourth-order valence-corrected chi connectivity index (χ4v) is 3.47. The number of amides is 2. The molecule has 8 nitrogen and oxygen atoms in total. The maximum absolute atomic E-state index is 12.3. The summed E-state index contributed by atoms with van der Waals surface area (Å²) in [5, 5.41) is 15.9. The van der Waals surface area contributed by atoms with Crippen LogP contribution in [0.3, 0.4) is 0 Å². The number of carbonyl (C=O) groups excluding carboxylic acids is 1. The van der Waals surface area contributed by atoms with Crippen LogP contribution in [-0.4, -0.2) is 24.7 Å². The van der Waals surface area contributed by atoms with Crippen molar-refractivity contribution in [2.45, 2.75) is 19.8 Å². The largest absolute Gasteiger partial charge is 0.497 e. The highest BCUT2D eigenvalue weighted by atomic mass is 16.5. The Kier molecular flexibility index (Phi) is 7.83. The van der Waals surface area contributed by atoms with Crippen molar-refractivity contribution in [2.24, 2.45) is 0 Å². The molecule has 0 aliphatic heterocycles. The molecule has 8 heteroatoms. The molecule has 182 valence electrons. The van der Waals surface area contributed by atoms with Crippen molar-refractivity contribution in [3.8, 4) is 29.1 Å². The van der Waals surface area contributed by atoms with Crippen molar-refractivity contribution in [1.82, 2.24) is 4.98 Å². The first kappa shape index (κ1) is 24.4. The minimum atomic E-state index is -0.366. The minimum Gasteiger partial charge on any atom is -0.497 e. The Balaban J connectivity index is 1.44. The second kappa shape index (κ2) is 11.6. The highest BCUT2D eigenvalue weighted by Gasteiger charge is 2.12. The van der Waals surface area contributed by atoms with Crippen LogP contribution in [0.25, 0.3) is 10.9 Å². The Hall–Kier alpha value is -4.77. The van der Waals surface area contributed by atoms with Crippen LogP contribution >= 0.6 is 0 Å². The van der Waals surface area contributed by atoms with E-state index in [1.807, 2.05) is 0 Å². The monoisotopic (exact) mass is 482 g/mol. The number of anilines is 2. The molecule has 4 aromatic rings. The zero-order valence-electron chi connectivity index (χ0n) is 20.1. The molecule has 0 saturated heterocycles. The molecule has 0 unspecified atom stereocenters. The molecule has 2 N–H and O–H groups in total. The summed E-state index contributed by atoms with van der Waals surface area (Å²) in [6.07, 6.45) is 3.57. The number of fused-ring (bicyclic) bond motifs is 1. The average Bonchev–Trinajstić information content (AvgIpc) is 2.90. The number of rotatable bonds is 9. The maximum Gasteiger partial charge on any atom is 0.323 e. The summed E-state index contributed by atoms with van der Waals surface area (Å²) in [4.78, 5) is 16.7. The quantitative estimate of drug-likeness (QED) is 0.256. The van der Waals surface area contributed by atoms with Crippen LogP contribution < -0.4 is 24.8 Å². The van der Waals surface area contributed by atoms with Gasteiger partial charge in [0.25, 0.3) is 0 Å². The van der Waals surface area contributed by atoms with Gasteiger partial charge in [-0.3, -0.25) is 4.98 Å². The van der Waals surface area contributed by atoms with Gasteiger partial charge >= 0.3 is 6.03 Å². The van der Waals surface area contributed by atoms with Gasteiger partial charge in [0.05, 0.1) is 24.8 Å². The predicted octanol–water partition coefficient (Wildman–Crippen LogP) is 6.73. The molecule has 0 bridgehead atoms. The van der Waals surface area contributed by atoms with Gasteiger partial charge in [0, 0.05) is 29.0 Å². The molecule has 0 saturated carbocycles. The molecule has 36 heavy (non-hydrogen) atoms. The second-order valence-corrected chi connectivity index (χ2v) is 7.92. The second-order valence-electron chi connectivity index (χ2n) is 7.92.